The van der Waals surface area contributed by atoms with Crippen LogP contribution in [0, 0.1) is 6.92 Å². The maximum Gasteiger partial charge on any atom is 0.256 e. The number of amides is 1. The van der Waals surface area contributed by atoms with Gasteiger partial charge in [0.05, 0.1) is 16.8 Å². The molecule has 3 nitrogen and oxygen atoms in total. The van der Waals surface area contributed by atoms with E-state index in [0.717, 1.165) is 27.7 Å². The molecule has 0 radical (unpaired) electrons. The zero-order valence-electron chi connectivity index (χ0n) is 15.0. The van der Waals surface area contributed by atoms with E-state index in [1.165, 1.54) is 0 Å². The number of nitrogens with one attached hydrogen (secondary N) is 1. The van der Waals surface area contributed by atoms with Crippen LogP contribution in [0.5, 0.6) is 0 Å². The molecule has 0 aliphatic rings. The number of anilines is 1. The first kappa shape index (κ1) is 18.5. The number of carbonyl (C=O) groups is 1. The summed E-state index contributed by atoms with van der Waals surface area (Å²) in [6.45, 7) is 1.99. The topological polar surface area (TPSA) is 42.0 Å². The van der Waals surface area contributed by atoms with E-state index in [4.69, 9.17) is 28.2 Å². The third kappa shape index (κ3) is 3.86. The molecule has 0 bridgehead atoms. The molecule has 28 heavy (non-hydrogen) atoms. The van der Waals surface area contributed by atoms with Gasteiger partial charge in [0.25, 0.3) is 5.91 Å². The van der Waals surface area contributed by atoms with Crippen LogP contribution in [-0.2, 0) is 0 Å². The molecule has 1 heterocycles. The normalized spacial score (nSPS) is 10.8. The van der Waals surface area contributed by atoms with Crippen LogP contribution in [0.25, 0.3) is 22.2 Å². The molecule has 1 N–H and O–H groups in total. The van der Waals surface area contributed by atoms with Gasteiger partial charge >= 0.3 is 0 Å². The second-order valence-corrected chi connectivity index (χ2v) is 7.43. The predicted octanol–water partition coefficient (Wildman–Crippen LogP) is 6.77. The molecule has 0 saturated heterocycles. The highest BCUT2D eigenvalue weighted by atomic mass is 35.5. The van der Waals surface area contributed by atoms with E-state index in [9.17, 15) is 4.79 Å². The second-order valence-electron chi connectivity index (χ2n) is 6.55. The number of carbonyl (C=O) groups excluding carboxylic acids is 1. The fourth-order valence-corrected chi connectivity index (χ4v) is 3.63. The number of aryl methyl sites for hydroxylation is 1. The highest BCUT2D eigenvalue weighted by molar-refractivity contribution is 6.35. The van der Waals surface area contributed by atoms with Crippen molar-refractivity contribution >= 4 is 45.7 Å². The Balaban J connectivity index is 1.83. The molecular formula is C23H16Cl2N2O. The molecule has 0 saturated carbocycles. The maximum atomic E-state index is 13.1. The van der Waals surface area contributed by atoms with Gasteiger partial charge in [-0.05, 0) is 43.3 Å². The van der Waals surface area contributed by atoms with Crippen molar-refractivity contribution in [3.63, 3.8) is 0 Å². The minimum atomic E-state index is -0.242. The van der Waals surface area contributed by atoms with Crippen LogP contribution in [0.4, 0.5) is 5.69 Å². The van der Waals surface area contributed by atoms with Crippen molar-refractivity contribution in [1.29, 1.82) is 0 Å². The van der Waals surface area contributed by atoms with Crippen LogP contribution in [0.15, 0.2) is 72.8 Å². The summed E-state index contributed by atoms with van der Waals surface area (Å²) in [7, 11) is 0. The minimum Gasteiger partial charge on any atom is -0.322 e. The number of benzene rings is 3. The van der Waals surface area contributed by atoms with Gasteiger partial charge in [-0.3, -0.25) is 4.79 Å². The molecule has 0 aliphatic carbocycles. The molecule has 0 atom stereocenters. The van der Waals surface area contributed by atoms with Crippen LogP contribution in [0.1, 0.15) is 15.9 Å². The summed E-state index contributed by atoms with van der Waals surface area (Å²) in [6.07, 6.45) is 0. The van der Waals surface area contributed by atoms with Crippen molar-refractivity contribution < 1.29 is 4.79 Å². The SMILES string of the molecule is Cc1ccc2nc(-c3ccccc3)cc(C(=O)Nc3cc(Cl)cc(Cl)c3)c2c1. The molecule has 0 unspecified atom stereocenters. The zero-order valence-corrected chi connectivity index (χ0v) is 16.6. The van der Waals surface area contributed by atoms with E-state index in [1.807, 2.05) is 61.5 Å². The average Bonchev–Trinajstić information content (AvgIpc) is 2.67. The lowest BCUT2D eigenvalue weighted by atomic mass is 10.0. The Bertz CT molecular complexity index is 1170. The molecule has 0 aliphatic heterocycles. The monoisotopic (exact) mass is 406 g/mol. The third-order valence-corrected chi connectivity index (χ3v) is 4.84. The molecule has 0 fully saturated rings. The van der Waals surface area contributed by atoms with Crippen LogP contribution in [0.2, 0.25) is 10.0 Å². The average molecular weight is 407 g/mol. The highest BCUT2D eigenvalue weighted by Gasteiger charge is 2.15. The number of aromatic nitrogens is 1. The molecule has 4 aromatic rings. The van der Waals surface area contributed by atoms with Gasteiger partial charge in [0.15, 0.2) is 0 Å². The second kappa shape index (κ2) is 7.63. The first-order chi connectivity index (χ1) is 13.5. The Morgan fingerprint density at radius 3 is 2.32 bits per heavy atom. The molecule has 1 amide bonds. The lowest BCUT2D eigenvalue weighted by Gasteiger charge is -2.12. The third-order valence-electron chi connectivity index (χ3n) is 4.40. The van der Waals surface area contributed by atoms with E-state index in [0.29, 0.717) is 21.3 Å². The summed E-state index contributed by atoms with van der Waals surface area (Å²) in [4.78, 5) is 17.9. The van der Waals surface area contributed by atoms with Crippen molar-refractivity contribution in [1.82, 2.24) is 4.98 Å². The summed E-state index contributed by atoms with van der Waals surface area (Å²) in [6, 6.07) is 22.5. The van der Waals surface area contributed by atoms with Gasteiger partial charge in [-0.1, -0.05) is 65.2 Å². The van der Waals surface area contributed by atoms with E-state index in [-0.39, 0.29) is 5.91 Å². The summed E-state index contributed by atoms with van der Waals surface area (Å²) in [5.41, 5.74) is 4.60. The maximum absolute atomic E-state index is 13.1. The van der Waals surface area contributed by atoms with E-state index < -0.39 is 0 Å². The summed E-state index contributed by atoms with van der Waals surface area (Å²) in [5, 5.41) is 4.61. The van der Waals surface area contributed by atoms with Crippen LogP contribution in [-0.4, -0.2) is 10.9 Å². The molecular weight excluding hydrogens is 391 g/mol. The number of rotatable bonds is 3. The summed E-state index contributed by atoms with van der Waals surface area (Å²) in [5.74, 6) is -0.242. The van der Waals surface area contributed by atoms with E-state index >= 15 is 0 Å². The Kier molecular flexibility index (Phi) is 5.03. The first-order valence-corrected chi connectivity index (χ1v) is 9.49. The molecule has 1 aromatic heterocycles. The van der Waals surface area contributed by atoms with Crippen molar-refractivity contribution in [3.8, 4) is 11.3 Å². The fraction of sp³-hybridized carbons (Fsp3) is 0.0435. The quantitative estimate of drug-likeness (QED) is 0.407. The molecule has 0 spiro atoms. The standard InChI is InChI=1S/C23H16Cl2N2O/c1-14-7-8-21-19(9-14)20(13-22(27-21)15-5-3-2-4-6-15)23(28)26-18-11-16(24)10-17(25)12-18/h2-13H,1H3,(H,26,28). The lowest BCUT2D eigenvalue weighted by molar-refractivity contribution is 0.102. The minimum absolute atomic E-state index is 0.242. The number of fused-ring (bicyclic) bond motifs is 1. The van der Waals surface area contributed by atoms with Gasteiger partial charge < -0.3 is 5.32 Å². The zero-order chi connectivity index (χ0) is 19.7. The van der Waals surface area contributed by atoms with Gasteiger partial charge in [-0.2, -0.15) is 0 Å². The van der Waals surface area contributed by atoms with Crippen molar-refractivity contribution in [2.75, 3.05) is 5.32 Å². The van der Waals surface area contributed by atoms with Crippen molar-refractivity contribution in [2.24, 2.45) is 0 Å². The molecule has 138 valence electrons. The Hall–Kier alpha value is -2.88. The number of halogens is 2. The molecule has 3 aromatic carbocycles. The Morgan fingerprint density at radius 1 is 0.893 bits per heavy atom. The van der Waals surface area contributed by atoms with Gasteiger partial charge in [0, 0.05) is 26.7 Å². The fourth-order valence-electron chi connectivity index (χ4n) is 3.11. The molecule has 4 rings (SSSR count). The first-order valence-electron chi connectivity index (χ1n) is 8.74. The van der Waals surface area contributed by atoms with Crippen LogP contribution < -0.4 is 5.32 Å². The van der Waals surface area contributed by atoms with Gasteiger partial charge in [-0.15, -0.1) is 0 Å². The van der Waals surface area contributed by atoms with Crippen LogP contribution >= 0.6 is 23.2 Å². The van der Waals surface area contributed by atoms with E-state index in [1.54, 1.807) is 18.2 Å². The number of hydrogen-bond acceptors (Lipinski definition) is 2. The summed E-state index contributed by atoms with van der Waals surface area (Å²) < 4.78 is 0. The highest BCUT2D eigenvalue weighted by Crippen LogP contribution is 2.28. The Labute approximate surface area is 172 Å². The van der Waals surface area contributed by atoms with Crippen LogP contribution in [0.3, 0.4) is 0 Å². The van der Waals surface area contributed by atoms with Crippen molar-refractivity contribution in [3.05, 3.63) is 94.0 Å². The Morgan fingerprint density at radius 2 is 1.61 bits per heavy atom. The lowest BCUT2D eigenvalue weighted by Crippen LogP contribution is -2.13. The predicted molar refractivity (Wildman–Crippen MR) is 116 cm³/mol. The smallest absolute Gasteiger partial charge is 0.256 e. The number of nitrogens with zero attached hydrogens (tertiary/aromatic N) is 1. The van der Waals surface area contributed by atoms with Crippen molar-refractivity contribution in [2.45, 2.75) is 6.92 Å². The largest absolute Gasteiger partial charge is 0.322 e. The van der Waals surface area contributed by atoms with Gasteiger partial charge in [0.2, 0.25) is 0 Å². The number of hydrogen-bond donors (Lipinski definition) is 1. The number of pyridine rings is 1. The molecule has 5 heteroatoms. The summed E-state index contributed by atoms with van der Waals surface area (Å²) >= 11 is 12.1. The van der Waals surface area contributed by atoms with Gasteiger partial charge in [0.1, 0.15) is 0 Å². The van der Waals surface area contributed by atoms with Gasteiger partial charge in [-0.25, -0.2) is 4.98 Å². The van der Waals surface area contributed by atoms with E-state index in [2.05, 4.69) is 5.32 Å².